The van der Waals surface area contributed by atoms with E-state index in [9.17, 15) is 14.4 Å². The van der Waals surface area contributed by atoms with Crippen molar-refractivity contribution in [2.75, 3.05) is 23.8 Å². The van der Waals surface area contributed by atoms with Crippen molar-refractivity contribution in [2.24, 2.45) is 0 Å². The summed E-state index contributed by atoms with van der Waals surface area (Å²) in [7, 11) is 1.54. The van der Waals surface area contributed by atoms with Gasteiger partial charge in [-0.2, -0.15) is 0 Å². The lowest BCUT2D eigenvalue weighted by atomic mass is 10.1. The highest BCUT2D eigenvalue weighted by Gasteiger charge is 2.48. The van der Waals surface area contributed by atoms with E-state index in [1.54, 1.807) is 43.1 Å². The van der Waals surface area contributed by atoms with Gasteiger partial charge in [-0.3, -0.25) is 14.4 Å². The van der Waals surface area contributed by atoms with Crippen LogP contribution in [0.25, 0.3) is 0 Å². The van der Waals surface area contributed by atoms with E-state index in [1.807, 2.05) is 31.2 Å². The second kappa shape index (κ2) is 7.44. The van der Waals surface area contributed by atoms with Gasteiger partial charge in [0.25, 0.3) is 11.8 Å². The average molecular weight is 383 g/mol. The molecular formula is C20H21N3O3S. The van der Waals surface area contributed by atoms with Crippen LogP contribution in [-0.2, 0) is 9.59 Å². The largest absolute Gasteiger partial charge is 0.355 e. The van der Waals surface area contributed by atoms with Gasteiger partial charge in [-0.05, 0) is 44.2 Å². The van der Waals surface area contributed by atoms with Crippen LogP contribution in [0.4, 0.5) is 11.4 Å². The van der Waals surface area contributed by atoms with Crippen LogP contribution >= 0.6 is 11.8 Å². The van der Waals surface area contributed by atoms with Crippen molar-refractivity contribution in [1.82, 2.24) is 5.32 Å². The molecule has 0 radical (unpaired) electrons. The number of para-hydroxylation sites is 1. The topological polar surface area (TPSA) is 78.5 Å². The number of nitrogens with one attached hydrogen (secondary N) is 2. The van der Waals surface area contributed by atoms with Crippen LogP contribution in [0, 0.1) is 0 Å². The van der Waals surface area contributed by atoms with Gasteiger partial charge in [0.2, 0.25) is 5.91 Å². The molecule has 1 heterocycles. The minimum absolute atomic E-state index is 0.244. The lowest BCUT2D eigenvalue weighted by Crippen LogP contribution is -2.54. The van der Waals surface area contributed by atoms with Crippen LogP contribution in [0.2, 0.25) is 0 Å². The van der Waals surface area contributed by atoms with E-state index in [0.717, 1.165) is 10.6 Å². The standard InChI is InChI=1S/C20H21N3O3S/c1-4-23-15-10-5-6-11-16(15)27-20(2,19(23)26)18(25)22-14-9-7-8-13(12-14)17(24)21-3/h5-12H,4H2,1-3H3,(H,21,24)(H,22,25). The Morgan fingerprint density at radius 3 is 2.59 bits per heavy atom. The highest BCUT2D eigenvalue weighted by molar-refractivity contribution is 8.02. The maximum absolute atomic E-state index is 13.1. The molecule has 6 nitrogen and oxygen atoms in total. The van der Waals surface area contributed by atoms with E-state index in [4.69, 9.17) is 0 Å². The predicted molar refractivity (Wildman–Crippen MR) is 107 cm³/mol. The van der Waals surface area contributed by atoms with Crippen LogP contribution in [-0.4, -0.2) is 36.1 Å². The van der Waals surface area contributed by atoms with E-state index >= 15 is 0 Å². The molecule has 2 aromatic carbocycles. The van der Waals surface area contributed by atoms with Crippen molar-refractivity contribution in [2.45, 2.75) is 23.5 Å². The third-order valence-corrected chi connectivity index (χ3v) is 5.82. The molecule has 3 amide bonds. The number of carbonyl (C=O) groups is 3. The van der Waals surface area contributed by atoms with Gasteiger partial charge in [-0.1, -0.05) is 30.0 Å². The first-order chi connectivity index (χ1) is 12.9. The summed E-state index contributed by atoms with van der Waals surface area (Å²) in [5.74, 6) is -0.917. The molecule has 1 atom stereocenters. The summed E-state index contributed by atoms with van der Waals surface area (Å²) in [6.45, 7) is 4.00. The number of anilines is 2. The maximum Gasteiger partial charge on any atom is 0.252 e. The molecule has 2 N–H and O–H groups in total. The lowest BCUT2D eigenvalue weighted by Gasteiger charge is -2.38. The third kappa shape index (κ3) is 3.42. The fraction of sp³-hybridized carbons (Fsp3) is 0.250. The number of nitrogens with zero attached hydrogens (tertiary/aromatic N) is 1. The summed E-state index contributed by atoms with van der Waals surface area (Å²) in [6, 6.07) is 14.2. The number of amides is 3. The minimum Gasteiger partial charge on any atom is -0.355 e. The second-order valence-electron chi connectivity index (χ2n) is 6.27. The first-order valence-corrected chi connectivity index (χ1v) is 9.46. The van der Waals surface area contributed by atoms with Crippen LogP contribution in [0.3, 0.4) is 0 Å². The van der Waals surface area contributed by atoms with E-state index < -0.39 is 10.7 Å². The van der Waals surface area contributed by atoms with E-state index in [2.05, 4.69) is 10.6 Å². The zero-order valence-corrected chi connectivity index (χ0v) is 16.2. The SMILES string of the molecule is CCN1C(=O)C(C)(C(=O)Nc2cccc(C(=O)NC)c2)Sc2ccccc21. The van der Waals surface area contributed by atoms with Gasteiger partial charge in [0, 0.05) is 29.7 Å². The molecule has 7 heteroatoms. The summed E-state index contributed by atoms with van der Waals surface area (Å²) < 4.78 is -1.30. The number of carbonyl (C=O) groups excluding carboxylic acids is 3. The molecule has 0 fully saturated rings. The Morgan fingerprint density at radius 2 is 1.89 bits per heavy atom. The molecule has 0 saturated carbocycles. The molecular weight excluding hydrogens is 362 g/mol. The van der Waals surface area contributed by atoms with Gasteiger partial charge in [-0.25, -0.2) is 0 Å². The molecule has 0 spiro atoms. The zero-order chi connectivity index (χ0) is 19.6. The van der Waals surface area contributed by atoms with Gasteiger partial charge in [-0.15, -0.1) is 0 Å². The Hall–Kier alpha value is -2.80. The number of fused-ring (bicyclic) bond motifs is 1. The fourth-order valence-electron chi connectivity index (χ4n) is 2.99. The molecule has 1 aliphatic heterocycles. The monoisotopic (exact) mass is 383 g/mol. The highest BCUT2D eigenvalue weighted by atomic mass is 32.2. The molecule has 2 aromatic rings. The Balaban J connectivity index is 1.90. The second-order valence-corrected chi connectivity index (χ2v) is 7.73. The van der Waals surface area contributed by atoms with Crippen molar-refractivity contribution >= 4 is 40.9 Å². The number of rotatable bonds is 4. The normalized spacial score (nSPS) is 18.6. The summed E-state index contributed by atoms with van der Waals surface area (Å²) in [4.78, 5) is 40.4. The number of thioether (sulfide) groups is 1. The first kappa shape index (κ1) is 19.0. The van der Waals surface area contributed by atoms with E-state index in [0.29, 0.717) is 17.8 Å². The molecule has 0 bridgehead atoms. The van der Waals surface area contributed by atoms with Crippen molar-refractivity contribution in [3.05, 3.63) is 54.1 Å². The number of hydrogen-bond acceptors (Lipinski definition) is 4. The molecule has 0 saturated heterocycles. The van der Waals surface area contributed by atoms with Crippen LogP contribution in [0.1, 0.15) is 24.2 Å². The smallest absolute Gasteiger partial charge is 0.252 e. The minimum atomic E-state index is -1.30. The number of benzene rings is 2. The molecule has 1 aliphatic rings. The third-order valence-electron chi connectivity index (χ3n) is 4.48. The predicted octanol–water partition coefficient (Wildman–Crippen LogP) is 2.90. The molecule has 27 heavy (non-hydrogen) atoms. The van der Waals surface area contributed by atoms with Crippen LogP contribution in [0.5, 0.6) is 0 Å². The average Bonchev–Trinajstić information content (AvgIpc) is 2.68. The Morgan fingerprint density at radius 1 is 1.15 bits per heavy atom. The van der Waals surface area contributed by atoms with Crippen LogP contribution in [0.15, 0.2) is 53.4 Å². The number of hydrogen-bond donors (Lipinski definition) is 2. The van der Waals surface area contributed by atoms with E-state index in [1.165, 1.54) is 11.8 Å². The summed E-state index contributed by atoms with van der Waals surface area (Å²) in [5.41, 5.74) is 1.73. The lowest BCUT2D eigenvalue weighted by molar-refractivity contribution is -0.128. The molecule has 1 unspecified atom stereocenters. The Labute approximate surface area is 162 Å². The van der Waals surface area contributed by atoms with E-state index in [-0.39, 0.29) is 11.8 Å². The molecule has 140 valence electrons. The zero-order valence-electron chi connectivity index (χ0n) is 15.4. The Bertz CT molecular complexity index is 915. The van der Waals surface area contributed by atoms with Gasteiger partial charge in [0.15, 0.2) is 4.75 Å². The summed E-state index contributed by atoms with van der Waals surface area (Å²) >= 11 is 1.25. The van der Waals surface area contributed by atoms with Gasteiger partial charge >= 0.3 is 0 Å². The Kier molecular flexibility index (Phi) is 5.23. The first-order valence-electron chi connectivity index (χ1n) is 8.64. The molecule has 0 aliphatic carbocycles. The van der Waals surface area contributed by atoms with Crippen molar-refractivity contribution in [3.63, 3.8) is 0 Å². The highest BCUT2D eigenvalue weighted by Crippen LogP contribution is 2.45. The molecule has 0 aromatic heterocycles. The van der Waals surface area contributed by atoms with Gasteiger partial charge in [0.05, 0.1) is 5.69 Å². The van der Waals surface area contributed by atoms with Gasteiger partial charge in [0.1, 0.15) is 0 Å². The van der Waals surface area contributed by atoms with Crippen molar-refractivity contribution in [1.29, 1.82) is 0 Å². The quantitative estimate of drug-likeness (QED) is 0.796. The van der Waals surface area contributed by atoms with Crippen LogP contribution < -0.4 is 15.5 Å². The summed E-state index contributed by atoms with van der Waals surface area (Å²) in [6.07, 6.45) is 0. The van der Waals surface area contributed by atoms with Crippen molar-refractivity contribution < 1.29 is 14.4 Å². The molecule has 3 rings (SSSR count). The maximum atomic E-state index is 13.1. The summed E-state index contributed by atoms with van der Waals surface area (Å²) in [5, 5.41) is 5.34. The van der Waals surface area contributed by atoms with Gasteiger partial charge < -0.3 is 15.5 Å². The van der Waals surface area contributed by atoms with Crippen molar-refractivity contribution in [3.8, 4) is 0 Å². The fourth-order valence-corrected chi connectivity index (χ4v) is 4.20.